The molecular formula is C30H27N5O3. The van der Waals surface area contributed by atoms with Crippen LogP contribution in [0.15, 0.2) is 84.5 Å². The van der Waals surface area contributed by atoms with Crippen LogP contribution >= 0.6 is 0 Å². The Morgan fingerprint density at radius 3 is 2.63 bits per heavy atom. The number of hydrogen-bond donors (Lipinski definition) is 1. The number of aryl methyl sites for hydroxylation is 1. The minimum atomic E-state index is -0.767. The normalized spacial score (nSPS) is 16.1. The molecule has 1 aliphatic heterocycles. The number of amides is 2. The number of nitrogens with zero attached hydrogens (tertiary/aromatic N) is 4. The lowest BCUT2D eigenvalue weighted by Gasteiger charge is -2.23. The number of nitriles is 1. The molecule has 1 aliphatic rings. The molecule has 1 atom stereocenters. The predicted molar refractivity (Wildman–Crippen MR) is 148 cm³/mol. The quantitative estimate of drug-likeness (QED) is 0.215. The van der Waals surface area contributed by atoms with Gasteiger partial charge in [0.1, 0.15) is 12.6 Å². The van der Waals surface area contributed by atoms with Crippen LogP contribution in [0.3, 0.4) is 0 Å². The summed E-state index contributed by atoms with van der Waals surface area (Å²) >= 11 is 0. The van der Waals surface area contributed by atoms with E-state index < -0.39 is 6.04 Å². The van der Waals surface area contributed by atoms with Gasteiger partial charge < -0.3 is 19.6 Å². The van der Waals surface area contributed by atoms with Crippen molar-refractivity contribution in [3.63, 3.8) is 0 Å². The van der Waals surface area contributed by atoms with Gasteiger partial charge in [-0.3, -0.25) is 9.59 Å². The zero-order chi connectivity index (χ0) is 26.6. The summed E-state index contributed by atoms with van der Waals surface area (Å²) < 4.78 is 2.25. The highest BCUT2D eigenvalue weighted by Crippen LogP contribution is 2.31. The molecule has 190 valence electrons. The van der Waals surface area contributed by atoms with Gasteiger partial charge in [0, 0.05) is 46.0 Å². The third kappa shape index (κ3) is 4.62. The number of fused-ring (bicyclic) bond motifs is 3. The number of anilines is 1. The van der Waals surface area contributed by atoms with Gasteiger partial charge in [-0.05, 0) is 55.5 Å². The number of carbonyl (C=O) groups is 2. The van der Waals surface area contributed by atoms with E-state index in [1.54, 1.807) is 30.3 Å². The average Bonchev–Trinajstić information content (AvgIpc) is 3.52. The van der Waals surface area contributed by atoms with Gasteiger partial charge in [-0.15, -0.1) is 0 Å². The Labute approximate surface area is 220 Å². The van der Waals surface area contributed by atoms with Crippen molar-refractivity contribution in [3.05, 3.63) is 90.5 Å². The lowest BCUT2D eigenvalue weighted by atomic mass is 10.1. The largest absolute Gasteiger partial charge is 0.392 e. The molecule has 0 radical (unpaired) electrons. The predicted octanol–water partition coefficient (Wildman–Crippen LogP) is 5.10. The number of hydrogen-bond acceptors (Lipinski definition) is 5. The molecule has 1 saturated heterocycles. The molecule has 38 heavy (non-hydrogen) atoms. The van der Waals surface area contributed by atoms with Gasteiger partial charge >= 0.3 is 0 Å². The van der Waals surface area contributed by atoms with Crippen LogP contribution < -0.4 is 5.32 Å². The molecule has 3 aromatic carbocycles. The molecule has 8 nitrogen and oxygen atoms in total. The Bertz CT molecular complexity index is 1610. The molecule has 8 heteroatoms. The fourth-order valence-electron chi connectivity index (χ4n) is 4.95. The fourth-order valence-corrected chi connectivity index (χ4v) is 4.95. The Balaban J connectivity index is 1.43. The third-order valence-electron chi connectivity index (χ3n) is 6.72. The van der Waals surface area contributed by atoms with E-state index in [1.807, 2.05) is 36.4 Å². The second-order valence-electron chi connectivity index (χ2n) is 9.07. The molecule has 1 fully saturated rings. The number of benzene rings is 3. The summed E-state index contributed by atoms with van der Waals surface area (Å²) in [6.07, 6.45) is 1.83. The van der Waals surface area contributed by atoms with Gasteiger partial charge in [0.25, 0.3) is 5.91 Å². The minimum absolute atomic E-state index is 0.164. The number of rotatable bonds is 7. The summed E-state index contributed by atoms with van der Waals surface area (Å²) in [6.45, 7) is 6.95. The minimum Gasteiger partial charge on any atom is -0.392 e. The van der Waals surface area contributed by atoms with Crippen LogP contribution in [0.2, 0.25) is 0 Å². The molecule has 0 unspecified atom stereocenters. The zero-order valence-electron chi connectivity index (χ0n) is 21.1. The maximum atomic E-state index is 13.5. The van der Waals surface area contributed by atoms with Crippen LogP contribution in [-0.4, -0.2) is 46.2 Å². The summed E-state index contributed by atoms with van der Waals surface area (Å²) in [4.78, 5) is 33.7. The van der Waals surface area contributed by atoms with Crippen molar-refractivity contribution < 1.29 is 14.4 Å². The molecule has 1 aromatic heterocycles. The SMILES string of the molecule is C=CCO/N=C1\C[C@@H](C(=O)Nc2ccc3c(c2)c2ccccc2n3CC)N(C(=O)c2ccc(C#N)cc2)C1. The van der Waals surface area contributed by atoms with Crippen LogP contribution in [0, 0.1) is 11.3 Å². The summed E-state index contributed by atoms with van der Waals surface area (Å²) in [5.74, 6) is -0.621. The van der Waals surface area contributed by atoms with Crippen molar-refractivity contribution in [2.75, 3.05) is 18.5 Å². The first kappa shape index (κ1) is 24.8. The van der Waals surface area contributed by atoms with Crippen LogP contribution in [0.1, 0.15) is 29.3 Å². The van der Waals surface area contributed by atoms with Crippen molar-refractivity contribution in [1.29, 1.82) is 5.26 Å². The van der Waals surface area contributed by atoms with E-state index >= 15 is 0 Å². The van der Waals surface area contributed by atoms with Gasteiger partial charge in [-0.25, -0.2) is 0 Å². The lowest BCUT2D eigenvalue weighted by Crippen LogP contribution is -2.43. The molecule has 0 bridgehead atoms. The molecule has 0 saturated carbocycles. The van der Waals surface area contributed by atoms with E-state index in [0.717, 1.165) is 28.4 Å². The number of para-hydroxylation sites is 1. The van der Waals surface area contributed by atoms with E-state index in [1.165, 1.54) is 4.90 Å². The second kappa shape index (κ2) is 10.6. The van der Waals surface area contributed by atoms with E-state index in [9.17, 15) is 9.59 Å². The third-order valence-corrected chi connectivity index (χ3v) is 6.72. The second-order valence-corrected chi connectivity index (χ2v) is 9.07. The Hall–Kier alpha value is -4.90. The molecule has 5 rings (SSSR count). The number of carbonyl (C=O) groups excluding carboxylic acids is 2. The Kier molecular flexibility index (Phi) is 6.92. The van der Waals surface area contributed by atoms with E-state index in [0.29, 0.717) is 22.5 Å². The zero-order valence-corrected chi connectivity index (χ0v) is 21.1. The van der Waals surface area contributed by atoms with Crippen molar-refractivity contribution in [3.8, 4) is 6.07 Å². The number of nitrogens with one attached hydrogen (secondary N) is 1. The summed E-state index contributed by atoms with van der Waals surface area (Å²) in [5, 5.41) is 18.4. The monoisotopic (exact) mass is 505 g/mol. The smallest absolute Gasteiger partial charge is 0.254 e. The van der Waals surface area contributed by atoms with Crippen molar-refractivity contribution in [2.24, 2.45) is 5.16 Å². The van der Waals surface area contributed by atoms with Crippen molar-refractivity contribution in [2.45, 2.75) is 25.9 Å². The molecule has 0 aliphatic carbocycles. The average molecular weight is 506 g/mol. The first-order valence-electron chi connectivity index (χ1n) is 12.5. The highest BCUT2D eigenvalue weighted by Gasteiger charge is 2.38. The fraction of sp³-hybridized carbons (Fsp3) is 0.200. The van der Waals surface area contributed by atoms with Gasteiger partial charge in [-0.1, -0.05) is 36.0 Å². The molecule has 4 aromatic rings. The van der Waals surface area contributed by atoms with Crippen LogP contribution in [-0.2, 0) is 16.2 Å². The standard InChI is InChI=1S/C30H27N5O3/c1-3-15-38-33-23-17-28(35(19-23)30(37)21-11-9-20(18-31)10-12-21)29(36)32-22-13-14-27-25(16-22)24-7-5-6-8-26(24)34(27)4-2/h3,5-14,16,28H,1,4,15,17,19H2,2H3,(H,32,36)/b33-23+/t28-/m0/s1. The Morgan fingerprint density at radius 1 is 1.13 bits per heavy atom. The van der Waals surface area contributed by atoms with E-state index in [4.69, 9.17) is 10.1 Å². The summed E-state index contributed by atoms with van der Waals surface area (Å²) in [6, 6.07) is 21.7. The van der Waals surface area contributed by atoms with Gasteiger partial charge in [-0.2, -0.15) is 5.26 Å². The molecule has 2 amide bonds. The maximum absolute atomic E-state index is 13.5. The van der Waals surface area contributed by atoms with Gasteiger partial charge in [0.2, 0.25) is 5.91 Å². The van der Waals surface area contributed by atoms with Crippen LogP contribution in [0.4, 0.5) is 5.69 Å². The molecular weight excluding hydrogens is 478 g/mol. The summed E-state index contributed by atoms with van der Waals surface area (Å²) in [7, 11) is 0. The molecule has 1 N–H and O–H groups in total. The van der Waals surface area contributed by atoms with E-state index in [2.05, 4.69) is 40.7 Å². The Morgan fingerprint density at radius 2 is 1.89 bits per heavy atom. The van der Waals surface area contributed by atoms with Crippen LogP contribution in [0.25, 0.3) is 21.8 Å². The lowest BCUT2D eigenvalue weighted by molar-refractivity contribution is -0.119. The highest BCUT2D eigenvalue weighted by atomic mass is 16.6. The molecule has 2 heterocycles. The summed E-state index contributed by atoms with van der Waals surface area (Å²) in [5.41, 5.74) is 4.33. The van der Waals surface area contributed by atoms with Crippen LogP contribution in [0.5, 0.6) is 0 Å². The maximum Gasteiger partial charge on any atom is 0.254 e. The number of oxime groups is 1. The topological polar surface area (TPSA) is 99.7 Å². The highest BCUT2D eigenvalue weighted by molar-refractivity contribution is 6.11. The van der Waals surface area contributed by atoms with E-state index in [-0.39, 0.29) is 31.4 Å². The van der Waals surface area contributed by atoms with Gasteiger partial charge in [0.05, 0.1) is 23.9 Å². The van der Waals surface area contributed by atoms with Crippen molar-refractivity contribution in [1.82, 2.24) is 9.47 Å². The molecule has 0 spiro atoms. The number of aromatic nitrogens is 1. The number of likely N-dealkylation sites (tertiary alicyclic amines) is 1. The first-order chi connectivity index (χ1) is 18.5. The van der Waals surface area contributed by atoms with Gasteiger partial charge in [0.15, 0.2) is 0 Å². The van der Waals surface area contributed by atoms with Crippen molar-refractivity contribution >= 4 is 45.0 Å². The first-order valence-corrected chi connectivity index (χ1v) is 12.5.